The maximum Gasteiger partial charge on any atom is 0.150 e. The van der Waals surface area contributed by atoms with E-state index in [1.54, 1.807) is 12.1 Å². The van der Waals surface area contributed by atoms with E-state index in [2.05, 4.69) is 30.9 Å². The third-order valence-corrected chi connectivity index (χ3v) is 7.58. The van der Waals surface area contributed by atoms with Gasteiger partial charge in [0, 0.05) is 41.2 Å². The lowest BCUT2D eigenvalue weighted by atomic mass is 9.85. The Morgan fingerprint density at radius 2 is 1.95 bits per heavy atom. The lowest BCUT2D eigenvalue weighted by Crippen LogP contribution is -2.35. The normalized spacial score (nSPS) is 20.3. The minimum absolute atomic E-state index is 0.191. The summed E-state index contributed by atoms with van der Waals surface area (Å²) in [6.07, 6.45) is 2.16. The van der Waals surface area contributed by atoms with Gasteiger partial charge < -0.3 is 25.7 Å². The minimum Gasteiger partial charge on any atom is -0.508 e. The number of nitrogens with two attached hydrogens (primary N) is 1. The molecule has 192 valence electrons. The number of fused-ring (bicyclic) bond motifs is 1. The maximum absolute atomic E-state index is 10.1. The Morgan fingerprint density at radius 3 is 2.65 bits per heavy atom. The summed E-state index contributed by atoms with van der Waals surface area (Å²) < 4.78 is 12.7. The second kappa shape index (κ2) is 10.3. The molecule has 1 saturated heterocycles. The van der Waals surface area contributed by atoms with Crippen LogP contribution in [-0.4, -0.2) is 42.0 Å². The number of phenolic OH excluding ortho intramolecular Hbond substituents is 1. The first-order valence-electron chi connectivity index (χ1n) is 12.9. The van der Waals surface area contributed by atoms with Crippen LogP contribution >= 0.6 is 0 Å². The van der Waals surface area contributed by atoms with Gasteiger partial charge in [0.15, 0.2) is 0 Å². The molecule has 0 bridgehead atoms. The summed E-state index contributed by atoms with van der Waals surface area (Å²) in [5, 5.41) is 17.9. The second-order valence-corrected chi connectivity index (χ2v) is 10.3. The van der Waals surface area contributed by atoms with E-state index in [9.17, 15) is 5.11 Å². The average molecular weight is 498 g/mol. The van der Waals surface area contributed by atoms with E-state index in [1.807, 2.05) is 43.3 Å². The molecule has 1 fully saturated rings. The number of phenols is 1. The van der Waals surface area contributed by atoms with E-state index < -0.39 is 0 Å². The predicted octanol–water partition coefficient (Wildman–Crippen LogP) is 6.15. The van der Waals surface area contributed by atoms with Crippen molar-refractivity contribution in [2.45, 2.75) is 39.3 Å². The standard InChI is InChI=1S/C31H35N3O3/c1-19-12-13-34(17-19)20(2)18-36-26-8-4-22(5-9-26)31-30(23-6-10-28(33)24(14-23)16-32)21(3)27-15-25(35)7-11-29(27)37-31/h4-11,14-16,19-20,31-32,35H,12-13,17-18,33H2,1-3H3. The topological polar surface area (TPSA) is 91.8 Å². The van der Waals surface area contributed by atoms with Crippen LogP contribution < -0.4 is 15.2 Å². The fourth-order valence-corrected chi connectivity index (χ4v) is 5.34. The number of ether oxygens (including phenoxy) is 2. The highest BCUT2D eigenvalue weighted by molar-refractivity contribution is 5.97. The van der Waals surface area contributed by atoms with E-state index in [4.69, 9.17) is 20.6 Å². The monoisotopic (exact) mass is 497 g/mol. The zero-order valence-electron chi connectivity index (χ0n) is 21.7. The summed E-state index contributed by atoms with van der Waals surface area (Å²) in [4.78, 5) is 2.50. The molecule has 2 aliphatic heterocycles. The van der Waals surface area contributed by atoms with Crippen LogP contribution in [0.15, 0.2) is 60.7 Å². The molecule has 0 spiro atoms. The molecule has 0 saturated carbocycles. The maximum atomic E-state index is 10.1. The molecule has 0 amide bonds. The molecule has 3 unspecified atom stereocenters. The summed E-state index contributed by atoms with van der Waals surface area (Å²) in [5.74, 6) is 2.51. The van der Waals surface area contributed by atoms with Crippen molar-refractivity contribution in [3.05, 3.63) is 82.9 Å². The summed E-state index contributed by atoms with van der Waals surface area (Å²) in [6, 6.07) is 19.4. The Labute approximate surface area is 218 Å². The first-order chi connectivity index (χ1) is 17.8. The number of nitrogens with zero attached hydrogens (tertiary/aromatic N) is 1. The molecule has 3 aromatic rings. The van der Waals surface area contributed by atoms with Gasteiger partial charge in [-0.05, 0) is 91.9 Å². The van der Waals surface area contributed by atoms with Gasteiger partial charge in [0.2, 0.25) is 0 Å². The molecule has 4 N–H and O–H groups in total. The van der Waals surface area contributed by atoms with E-state index in [0.29, 0.717) is 23.9 Å². The van der Waals surface area contributed by atoms with Crippen LogP contribution in [-0.2, 0) is 0 Å². The molecular weight excluding hydrogens is 462 g/mol. The Hall–Kier alpha value is -3.77. The molecule has 37 heavy (non-hydrogen) atoms. The van der Waals surface area contributed by atoms with Gasteiger partial charge >= 0.3 is 0 Å². The van der Waals surface area contributed by atoms with Crippen molar-refractivity contribution >= 4 is 23.0 Å². The highest BCUT2D eigenvalue weighted by atomic mass is 16.5. The van der Waals surface area contributed by atoms with Gasteiger partial charge in [-0.3, -0.25) is 4.90 Å². The number of rotatable bonds is 7. The number of likely N-dealkylation sites (tertiary alicyclic amines) is 1. The molecule has 3 aromatic carbocycles. The van der Waals surface area contributed by atoms with Crippen molar-refractivity contribution in [3.63, 3.8) is 0 Å². The number of nitrogens with one attached hydrogen (secondary N) is 1. The Bertz CT molecular complexity index is 1330. The first-order valence-corrected chi connectivity index (χ1v) is 12.9. The van der Waals surface area contributed by atoms with Gasteiger partial charge in [0.25, 0.3) is 0 Å². The van der Waals surface area contributed by atoms with Crippen LogP contribution in [0.5, 0.6) is 17.2 Å². The number of nitrogen functional groups attached to an aromatic ring is 1. The molecule has 2 aliphatic rings. The van der Waals surface area contributed by atoms with Crippen LogP contribution in [0.3, 0.4) is 0 Å². The Balaban J connectivity index is 1.44. The smallest absolute Gasteiger partial charge is 0.150 e. The molecule has 0 aliphatic carbocycles. The number of hydrogen-bond donors (Lipinski definition) is 3. The van der Waals surface area contributed by atoms with Gasteiger partial charge in [-0.15, -0.1) is 0 Å². The Kier molecular flexibility index (Phi) is 6.94. The lowest BCUT2D eigenvalue weighted by Gasteiger charge is -2.31. The largest absolute Gasteiger partial charge is 0.508 e. The van der Waals surface area contributed by atoms with Gasteiger partial charge in [0.1, 0.15) is 30.0 Å². The zero-order valence-corrected chi connectivity index (χ0v) is 21.7. The highest BCUT2D eigenvalue weighted by Gasteiger charge is 2.30. The van der Waals surface area contributed by atoms with Crippen LogP contribution in [0.25, 0.3) is 11.1 Å². The van der Waals surface area contributed by atoms with Crippen molar-refractivity contribution in [3.8, 4) is 17.2 Å². The molecule has 5 rings (SSSR count). The van der Waals surface area contributed by atoms with Gasteiger partial charge in [-0.1, -0.05) is 25.1 Å². The average Bonchev–Trinajstić information content (AvgIpc) is 3.35. The van der Waals surface area contributed by atoms with Gasteiger partial charge in [-0.25, -0.2) is 0 Å². The quantitative estimate of drug-likeness (QED) is 0.269. The number of hydrogen-bond acceptors (Lipinski definition) is 6. The number of aromatic hydroxyl groups is 1. The predicted molar refractivity (Wildman–Crippen MR) is 149 cm³/mol. The van der Waals surface area contributed by atoms with E-state index in [0.717, 1.165) is 58.3 Å². The zero-order chi connectivity index (χ0) is 26.1. The van der Waals surface area contributed by atoms with Crippen LogP contribution in [0.2, 0.25) is 0 Å². The van der Waals surface area contributed by atoms with Crippen molar-refractivity contribution < 1.29 is 14.6 Å². The van der Waals surface area contributed by atoms with Crippen molar-refractivity contribution in [2.75, 3.05) is 25.4 Å². The summed E-state index contributed by atoms with van der Waals surface area (Å²) >= 11 is 0. The number of benzene rings is 3. The third kappa shape index (κ3) is 5.07. The van der Waals surface area contributed by atoms with Crippen molar-refractivity contribution in [2.24, 2.45) is 5.92 Å². The fourth-order valence-electron chi connectivity index (χ4n) is 5.34. The summed E-state index contributed by atoms with van der Waals surface area (Å²) in [5.41, 5.74) is 12.0. The minimum atomic E-state index is -0.363. The number of anilines is 1. The van der Waals surface area contributed by atoms with E-state index in [-0.39, 0.29) is 11.9 Å². The Morgan fingerprint density at radius 1 is 1.16 bits per heavy atom. The molecule has 0 aromatic heterocycles. The van der Waals surface area contributed by atoms with Crippen LogP contribution in [0, 0.1) is 11.3 Å². The molecular formula is C31H35N3O3. The number of allylic oxidation sites excluding steroid dienone is 1. The molecule has 6 heteroatoms. The van der Waals surface area contributed by atoms with E-state index in [1.165, 1.54) is 12.6 Å². The third-order valence-electron chi connectivity index (χ3n) is 7.58. The second-order valence-electron chi connectivity index (χ2n) is 10.3. The molecule has 0 radical (unpaired) electrons. The van der Waals surface area contributed by atoms with E-state index >= 15 is 0 Å². The SMILES string of the molecule is CC1=C(c2ccc(N)c(C=N)c2)C(c2ccc(OCC(C)N3CCC(C)C3)cc2)Oc2ccc(O)cc21. The molecule has 3 atom stereocenters. The van der Waals surface area contributed by atoms with Crippen molar-refractivity contribution in [1.82, 2.24) is 4.90 Å². The van der Waals surface area contributed by atoms with Gasteiger partial charge in [0.05, 0.1) is 0 Å². The molecule has 2 heterocycles. The molecule has 6 nitrogen and oxygen atoms in total. The summed E-state index contributed by atoms with van der Waals surface area (Å²) in [6.45, 7) is 9.52. The fraction of sp³-hybridized carbons (Fsp3) is 0.323. The van der Waals surface area contributed by atoms with Gasteiger partial charge in [-0.2, -0.15) is 0 Å². The van der Waals surface area contributed by atoms with Crippen molar-refractivity contribution in [1.29, 1.82) is 5.41 Å². The first kappa shape index (κ1) is 24.9. The lowest BCUT2D eigenvalue weighted by molar-refractivity contribution is 0.169. The summed E-state index contributed by atoms with van der Waals surface area (Å²) in [7, 11) is 0. The van der Waals surface area contributed by atoms with Crippen LogP contribution in [0.4, 0.5) is 5.69 Å². The highest BCUT2D eigenvalue weighted by Crippen LogP contribution is 2.47. The van der Waals surface area contributed by atoms with Crippen LogP contribution in [0.1, 0.15) is 55.5 Å².